The zero-order chi connectivity index (χ0) is 18.8. The first-order valence-corrected chi connectivity index (χ1v) is 9.56. The number of ether oxygens (including phenoxy) is 2. The highest BCUT2D eigenvalue weighted by atomic mass is 32.2. The molecule has 0 fully saturated rings. The molecule has 140 valence electrons. The Balaban J connectivity index is 1.23. The van der Waals surface area contributed by atoms with Gasteiger partial charge in [0, 0.05) is 5.56 Å². The molecule has 1 aliphatic heterocycles. The van der Waals surface area contributed by atoms with E-state index in [1.807, 2.05) is 54.6 Å². The molecule has 8 nitrogen and oxygen atoms in total. The van der Waals surface area contributed by atoms with E-state index in [0.29, 0.717) is 46.7 Å². The molecule has 0 saturated heterocycles. The molecule has 0 radical (unpaired) electrons. The van der Waals surface area contributed by atoms with Gasteiger partial charge in [0.15, 0.2) is 11.5 Å². The van der Waals surface area contributed by atoms with Crippen LogP contribution < -0.4 is 9.47 Å². The van der Waals surface area contributed by atoms with Gasteiger partial charge in [-0.3, -0.25) is 0 Å². The van der Waals surface area contributed by atoms with E-state index in [2.05, 4.69) is 20.3 Å². The maximum absolute atomic E-state index is 5.88. The number of hydrogen-bond donors (Lipinski definition) is 0. The third-order valence-electron chi connectivity index (χ3n) is 4.03. The van der Waals surface area contributed by atoms with E-state index in [-0.39, 0.29) is 0 Å². The standard InChI is InChI=1S/C19H14N4O4S/c1-2-6-12(7-3-1)17-20-16(27-23-17)11-28-19-22-21-18(26-19)15-10-24-13-8-4-5-9-14(13)25-15/h1-9,15H,10-11H2/t15-/m0/s1. The minimum absolute atomic E-state index is 0.313. The van der Waals surface area contributed by atoms with Gasteiger partial charge in [-0.2, -0.15) is 4.98 Å². The second-order valence-corrected chi connectivity index (χ2v) is 6.86. The molecule has 1 aliphatic rings. The molecule has 0 amide bonds. The summed E-state index contributed by atoms with van der Waals surface area (Å²) in [4.78, 5) is 4.38. The number of rotatable bonds is 5. The van der Waals surface area contributed by atoms with Crippen molar-refractivity contribution < 1.29 is 18.4 Å². The smallest absolute Gasteiger partial charge is 0.277 e. The fourth-order valence-corrected chi connectivity index (χ4v) is 3.30. The molecular weight excluding hydrogens is 380 g/mol. The molecular formula is C19H14N4O4S. The predicted molar refractivity (Wildman–Crippen MR) is 98.9 cm³/mol. The fraction of sp³-hybridized carbons (Fsp3) is 0.158. The van der Waals surface area contributed by atoms with E-state index in [1.54, 1.807) is 0 Å². The van der Waals surface area contributed by atoms with Crippen molar-refractivity contribution in [2.45, 2.75) is 17.1 Å². The summed E-state index contributed by atoms with van der Waals surface area (Å²) in [6.45, 7) is 0.313. The molecule has 0 saturated carbocycles. The van der Waals surface area contributed by atoms with Crippen LogP contribution in [-0.4, -0.2) is 26.9 Å². The van der Waals surface area contributed by atoms with Crippen LogP contribution in [0.2, 0.25) is 0 Å². The Morgan fingerprint density at radius 2 is 1.79 bits per heavy atom. The highest BCUT2D eigenvalue weighted by Crippen LogP contribution is 2.36. The van der Waals surface area contributed by atoms with E-state index in [4.69, 9.17) is 18.4 Å². The molecule has 2 aromatic carbocycles. The van der Waals surface area contributed by atoms with Crippen molar-refractivity contribution in [3.8, 4) is 22.9 Å². The van der Waals surface area contributed by atoms with Crippen LogP contribution >= 0.6 is 11.8 Å². The number of hydrogen-bond acceptors (Lipinski definition) is 9. The summed E-state index contributed by atoms with van der Waals surface area (Å²) >= 11 is 1.32. The zero-order valence-corrected chi connectivity index (χ0v) is 15.3. The van der Waals surface area contributed by atoms with Gasteiger partial charge in [0.05, 0.1) is 5.75 Å². The summed E-state index contributed by atoms with van der Waals surface area (Å²) in [6, 6.07) is 17.1. The third kappa shape index (κ3) is 3.44. The summed E-state index contributed by atoms with van der Waals surface area (Å²) in [5.74, 6) is 3.19. The second kappa shape index (κ2) is 7.35. The number of benzene rings is 2. The van der Waals surface area contributed by atoms with Crippen LogP contribution in [0.25, 0.3) is 11.4 Å². The number of thioether (sulfide) groups is 1. The van der Waals surface area contributed by atoms with Gasteiger partial charge in [0.1, 0.15) is 6.61 Å². The van der Waals surface area contributed by atoms with Crippen LogP contribution in [0.3, 0.4) is 0 Å². The lowest BCUT2D eigenvalue weighted by molar-refractivity contribution is 0.0686. The fourth-order valence-electron chi connectivity index (χ4n) is 2.69. The van der Waals surface area contributed by atoms with Gasteiger partial charge in [0.25, 0.3) is 11.1 Å². The first-order valence-electron chi connectivity index (χ1n) is 8.58. The Kier molecular flexibility index (Phi) is 4.42. The number of fused-ring (bicyclic) bond motifs is 1. The van der Waals surface area contributed by atoms with E-state index in [0.717, 1.165) is 5.56 Å². The highest BCUT2D eigenvalue weighted by Gasteiger charge is 2.27. The molecule has 28 heavy (non-hydrogen) atoms. The molecule has 9 heteroatoms. The predicted octanol–water partition coefficient (Wildman–Crippen LogP) is 3.92. The topological polar surface area (TPSA) is 96.3 Å². The van der Waals surface area contributed by atoms with Crippen LogP contribution in [-0.2, 0) is 5.75 Å². The van der Waals surface area contributed by atoms with Crippen LogP contribution in [0, 0.1) is 0 Å². The van der Waals surface area contributed by atoms with Gasteiger partial charge in [-0.15, -0.1) is 10.2 Å². The molecule has 5 rings (SSSR count). The SMILES string of the molecule is c1ccc(-c2noc(CSc3nnc([C@@H]4COc5ccccc5O4)o3)n2)cc1. The van der Waals surface area contributed by atoms with Crippen LogP contribution in [0.1, 0.15) is 17.9 Å². The van der Waals surface area contributed by atoms with Crippen molar-refractivity contribution in [3.63, 3.8) is 0 Å². The molecule has 0 bridgehead atoms. The summed E-state index contributed by atoms with van der Waals surface area (Å²) in [5, 5.41) is 12.5. The van der Waals surface area contributed by atoms with Crippen LogP contribution in [0.4, 0.5) is 0 Å². The molecule has 0 unspecified atom stereocenters. The van der Waals surface area contributed by atoms with Crippen molar-refractivity contribution in [1.29, 1.82) is 0 Å². The molecule has 4 aromatic rings. The quantitative estimate of drug-likeness (QED) is 0.466. The van der Waals surface area contributed by atoms with Crippen molar-refractivity contribution in [1.82, 2.24) is 20.3 Å². The van der Waals surface area contributed by atoms with Crippen molar-refractivity contribution >= 4 is 11.8 Å². The zero-order valence-electron chi connectivity index (χ0n) is 14.5. The minimum Gasteiger partial charge on any atom is -0.485 e. The summed E-state index contributed by atoms with van der Waals surface area (Å²) < 4.78 is 22.5. The van der Waals surface area contributed by atoms with E-state index in [9.17, 15) is 0 Å². The highest BCUT2D eigenvalue weighted by molar-refractivity contribution is 7.98. The van der Waals surface area contributed by atoms with Crippen LogP contribution in [0.15, 0.2) is 68.8 Å². The minimum atomic E-state index is -0.440. The normalized spacial score (nSPS) is 15.5. The van der Waals surface area contributed by atoms with Crippen molar-refractivity contribution in [3.05, 3.63) is 66.4 Å². The average molecular weight is 394 g/mol. The van der Waals surface area contributed by atoms with E-state index < -0.39 is 6.10 Å². The monoisotopic (exact) mass is 394 g/mol. The first-order chi connectivity index (χ1) is 13.8. The Morgan fingerprint density at radius 3 is 2.68 bits per heavy atom. The van der Waals surface area contributed by atoms with Crippen molar-refractivity contribution in [2.75, 3.05) is 6.61 Å². The molecule has 0 aliphatic carbocycles. The number of nitrogens with zero attached hydrogens (tertiary/aromatic N) is 4. The Bertz CT molecular complexity index is 1080. The third-order valence-corrected chi connectivity index (χ3v) is 4.83. The van der Waals surface area contributed by atoms with Gasteiger partial charge in [-0.25, -0.2) is 0 Å². The summed E-state index contributed by atoms with van der Waals surface area (Å²) in [6.07, 6.45) is -0.440. The van der Waals surface area contributed by atoms with Crippen LogP contribution in [0.5, 0.6) is 11.5 Å². The molecule has 0 spiro atoms. The summed E-state index contributed by atoms with van der Waals surface area (Å²) in [5.41, 5.74) is 0.900. The van der Waals surface area contributed by atoms with Gasteiger partial charge < -0.3 is 18.4 Å². The number of aromatic nitrogens is 4. The molecule has 2 aromatic heterocycles. The van der Waals surface area contributed by atoms with E-state index in [1.165, 1.54) is 11.8 Å². The average Bonchev–Trinajstić information content (AvgIpc) is 3.42. The Labute approximate surface area is 163 Å². The second-order valence-electron chi connectivity index (χ2n) is 5.94. The Morgan fingerprint density at radius 1 is 0.964 bits per heavy atom. The summed E-state index contributed by atoms with van der Waals surface area (Å²) in [7, 11) is 0. The molecule has 0 N–H and O–H groups in total. The first kappa shape index (κ1) is 16.8. The largest absolute Gasteiger partial charge is 0.485 e. The van der Waals surface area contributed by atoms with E-state index >= 15 is 0 Å². The molecule has 1 atom stereocenters. The Hall–Kier alpha value is -3.33. The lowest BCUT2D eigenvalue weighted by atomic mass is 10.2. The number of para-hydroxylation sites is 2. The maximum atomic E-state index is 5.88. The van der Waals surface area contributed by atoms with Gasteiger partial charge in [-0.1, -0.05) is 59.4 Å². The maximum Gasteiger partial charge on any atom is 0.277 e. The van der Waals surface area contributed by atoms with Gasteiger partial charge >= 0.3 is 0 Å². The van der Waals surface area contributed by atoms with Gasteiger partial charge in [-0.05, 0) is 12.1 Å². The van der Waals surface area contributed by atoms with Crippen molar-refractivity contribution in [2.24, 2.45) is 0 Å². The molecule has 3 heterocycles. The lowest BCUT2D eigenvalue weighted by Gasteiger charge is -2.23. The van der Waals surface area contributed by atoms with Gasteiger partial charge in [0.2, 0.25) is 17.8 Å². The lowest BCUT2D eigenvalue weighted by Crippen LogP contribution is -2.21.